The highest BCUT2D eigenvalue weighted by Crippen LogP contribution is 2.55. The van der Waals surface area contributed by atoms with Gasteiger partial charge in [-0.1, -0.05) is 258 Å². The molecule has 2 unspecified atom stereocenters. The van der Waals surface area contributed by atoms with Gasteiger partial charge >= 0.3 is 0 Å². The van der Waals surface area contributed by atoms with Crippen molar-refractivity contribution in [3.05, 3.63) is 321 Å². The molecule has 1 saturated heterocycles. The molecular formula is C109H115Cl6N11S6. The van der Waals surface area contributed by atoms with Crippen molar-refractivity contribution in [3.8, 4) is 0 Å². The molecule has 1 aliphatic carbocycles. The number of benzene rings is 12. The van der Waals surface area contributed by atoms with E-state index in [1.165, 1.54) is 148 Å². The maximum absolute atomic E-state index is 6.52. The first kappa shape index (κ1) is 96.3. The van der Waals surface area contributed by atoms with Crippen molar-refractivity contribution in [2.24, 2.45) is 0 Å². The van der Waals surface area contributed by atoms with E-state index >= 15 is 0 Å². The molecule has 0 saturated carbocycles. The number of para-hydroxylation sites is 5. The molecule has 7 heterocycles. The molecule has 132 heavy (non-hydrogen) atoms. The molecule has 0 aromatic heterocycles. The molecule has 7 aliphatic heterocycles. The number of likely N-dealkylation sites (tertiary alicyclic amines) is 1. The Hall–Kier alpha value is -7.44. The number of nitrogens with one attached hydrogen (secondary N) is 2. The number of fused-ring (bicyclic) bond motifs is 12. The van der Waals surface area contributed by atoms with Crippen LogP contribution in [0.2, 0.25) is 30.1 Å². The topological polar surface area (TPSA) is 53.2 Å². The van der Waals surface area contributed by atoms with E-state index in [-0.39, 0.29) is 0 Å². The molecule has 23 heteroatoms. The highest BCUT2D eigenvalue weighted by atomic mass is 35.5. The molecule has 12 aromatic carbocycles. The zero-order valence-corrected chi connectivity index (χ0v) is 85.0. The lowest BCUT2D eigenvalue weighted by atomic mass is 10.0. The first-order valence-electron chi connectivity index (χ1n) is 46.4. The van der Waals surface area contributed by atoms with Gasteiger partial charge in [0.15, 0.2) is 0 Å². The normalized spacial score (nSPS) is 15.9. The fraction of sp³-hybridized carbons (Fsp3) is 0.303. The molecule has 2 N–H and O–H groups in total. The quantitative estimate of drug-likeness (QED) is 0.0437. The van der Waals surface area contributed by atoms with Gasteiger partial charge < -0.3 is 54.7 Å². The smallest absolute Gasteiger partial charge is 0.0634 e. The summed E-state index contributed by atoms with van der Waals surface area (Å²) in [6.45, 7) is 24.4. The first-order valence-corrected chi connectivity index (χ1v) is 53.6. The van der Waals surface area contributed by atoms with E-state index in [1.807, 2.05) is 107 Å². The fourth-order valence-electron chi connectivity index (χ4n) is 18.6. The van der Waals surface area contributed by atoms with Crippen LogP contribution in [0.15, 0.2) is 339 Å². The first-order chi connectivity index (χ1) is 64.5. The highest BCUT2D eigenvalue weighted by molar-refractivity contribution is 8.01. The average Bonchev–Trinajstić information content (AvgIpc) is 0.800. The van der Waals surface area contributed by atoms with Gasteiger partial charge in [-0.3, -0.25) is 0 Å². The van der Waals surface area contributed by atoms with Gasteiger partial charge in [0, 0.05) is 174 Å². The van der Waals surface area contributed by atoms with Gasteiger partial charge in [-0.05, 0) is 274 Å². The molecule has 20 rings (SSSR count). The third-order valence-corrected chi connectivity index (χ3v) is 33.5. The van der Waals surface area contributed by atoms with Gasteiger partial charge in [0.2, 0.25) is 0 Å². The zero-order valence-electron chi connectivity index (χ0n) is 75.5. The number of halogens is 6. The van der Waals surface area contributed by atoms with Crippen molar-refractivity contribution in [1.29, 1.82) is 0 Å². The Balaban J connectivity index is 0.000000127. The van der Waals surface area contributed by atoms with E-state index in [2.05, 4.69) is 338 Å². The van der Waals surface area contributed by atoms with Crippen LogP contribution in [0.5, 0.6) is 0 Å². The number of nitrogens with zero attached hydrogens (tertiary/aromatic N) is 9. The fourth-order valence-corrected chi connectivity index (χ4v) is 26.3. The van der Waals surface area contributed by atoms with Gasteiger partial charge in [-0.2, -0.15) is 0 Å². The summed E-state index contributed by atoms with van der Waals surface area (Å²) >= 11 is 49.5. The van der Waals surface area contributed by atoms with Crippen molar-refractivity contribution in [1.82, 2.24) is 25.3 Å². The number of piperidine rings is 1. The maximum Gasteiger partial charge on any atom is 0.0634 e. The number of anilines is 11. The summed E-state index contributed by atoms with van der Waals surface area (Å²) in [4.78, 5) is 37.0. The SMILES string of the molecule is CC(C)N(CCCN1c2ccccc2Sc2ccc(Cl)cc21)CCCN1c2ccccc2Sc2ccc(Cl)cc21.CC(C)NCCCN1c2ccccc2Sc2ccc(Cl)cc21.CN1CCC(N(CCCN2c3ccccc3Sc3ccc(Cl)cc32)CCCN2c3cc(Cl)ccc3SC3C=CC=CC32)CC1.Clc1ccc2c(c1)N(CCCNCc1ccccc1)c1ccccc1S2. The Bertz CT molecular complexity index is 5870. The minimum atomic E-state index is 0.372. The second-order valence-electron chi connectivity index (χ2n) is 34.9. The summed E-state index contributed by atoms with van der Waals surface area (Å²) in [5.41, 5.74) is 15.1. The summed E-state index contributed by atoms with van der Waals surface area (Å²) in [5.74, 6) is 0. The Morgan fingerprint density at radius 1 is 0.341 bits per heavy atom. The van der Waals surface area contributed by atoms with Crippen molar-refractivity contribution >= 4 is 203 Å². The van der Waals surface area contributed by atoms with E-state index in [0.29, 0.717) is 29.4 Å². The predicted molar refractivity (Wildman–Crippen MR) is 573 cm³/mol. The molecular weight excluding hydrogens is 1870 g/mol. The van der Waals surface area contributed by atoms with Crippen molar-refractivity contribution in [2.75, 3.05) is 128 Å². The molecule has 2 atom stereocenters. The summed E-state index contributed by atoms with van der Waals surface area (Å²) in [6, 6.07) is 93.5. The standard InChI is InChI=1S/C36H40Cl2N4S2.C33H33Cl2N3S2.C22H21ClN2S.C18H21ClN2S/c1-39-22-16-28(17-23-39)40(18-6-20-41-29-8-2-4-10-33(29)43-35-14-12-26(37)24-31(35)41)19-7-21-42-30-9-3-5-11-34(30)44-36-15-13-27(38)25-32(36)42;1-23(2)36(17-7-19-37-26-9-3-5-11-30(26)39-32-15-13-24(34)21-28(32)37)18-8-20-38-27-10-4-6-12-31(27)40-33-16-14-25(35)22-29(33)38;23-18-11-12-22-20(15-18)25(19-9-4-5-10-21(19)26-22)14-6-13-24-16-17-7-2-1-3-8-17;1-13(2)20-10-5-11-21-15-6-3-4-7-17(15)22-18-9-8-14(19)12-16(18)21/h2-5,8-15,24-25,28-29,33H,6-7,16-23H2,1H3;3-6,9-16,21-23H,7-8,17-20H2,1-2H3;1-5,7-12,15,24H,6,13-14,16H2;3-4,6-9,12-13,20H,5,10-11H2,1-2H3. The van der Waals surface area contributed by atoms with Crippen molar-refractivity contribution in [2.45, 2.75) is 169 Å². The lowest BCUT2D eigenvalue weighted by molar-refractivity contribution is 0.119. The lowest BCUT2D eigenvalue weighted by Gasteiger charge is -2.43. The van der Waals surface area contributed by atoms with Crippen molar-refractivity contribution < 1.29 is 0 Å². The lowest BCUT2D eigenvalue weighted by Crippen LogP contribution is -2.47. The van der Waals surface area contributed by atoms with Crippen LogP contribution in [0.1, 0.15) is 84.6 Å². The maximum atomic E-state index is 6.52. The third-order valence-electron chi connectivity index (χ3n) is 25.1. The minimum Gasteiger partial charge on any atom is -0.363 e. The summed E-state index contributed by atoms with van der Waals surface area (Å²) in [5, 5.41) is 12.2. The van der Waals surface area contributed by atoms with Crippen LogP contribution in [-0.2, 0) is 6.54 Å². The number of thioether (sulfide) groups is 1. The van der Waals surface area contributed by atoms with Crippen molar-refractivity contribution in [3.63, 3.8) is 0 Å². The number of allylic oxidation sites excluding steroid dienone is 2. The third kappa shape index (κ3) is 24.2. The predicted octanol–water partition coefficient (Wildman–Crippen LogP) is 31.1. The Morgan fingerprint density at radius 3 is 1.05 bits per heavy atom. The van der Waals surface area contributed by atoms with Crippen LogP contribution < -0.4 is 40.0 Å². The average molecular weight is 1980 g/mol. The van der Waals surface area contributed by atoms with E-state index in [0.717, 1.165) is 154 Å². The van der Waals surface area contributed by atoms with Crippen LogP contribution in [0.25, 0.3) is 0 Å². The van der Waals surface area contributed by atoms with Gasteiger partial charge in [-0.25, -0.2) is 0 Å². The van der Waals surface area contributed by atoms with Gasteiger partial charge in [-0.15, -0.1) is 11.8 Å². The Morgan fingerprint density at radius 2 is 0.667 bits per heavy atom. The molecule has 0 bridgehead atoms. The van der Waals surface area contributed by atoms with E-state index in [9.17, 15) is 0 Å². The van der Waals surface area contributed by atoms with Crippen LogP contribution >= 0.6 is 140 Å². The second-order valence-corrected chi connectivity index (χ2v) is 44.2. The van der Waals surface area contributed by atoms with E-state index < -0.39 is 0 Å². The molecule has 684 valence electrons. The molecule has 0 spiro atoms. The van der Waals surface area contributed by atoms with Crippen LogP contribution in [0.3, 0.4) is 0 Å². The molecule has 11 nitrogen and oxygen atoms in total. The zero-order chi connectivity index (χ0) is 91.0. The minimum absolute atomic E-state index is 0.372. The monoisotopic (exact) mass is 1980 g/mol. The summed E-state index contributed by atoms with van der Waals surface area (Å²) < 4.78 is 0. The number of hydrogen-bond donors (Lipinski definition) is 2. The Labute approximate surface area is 838 Å². The van der Waals surface area contributed by atoms with E-state index in [4.69, 9.17) is 69.6 Å². The largest absolute Gasteiger partial charge is 0.363 e. The van der Waals surface area contributed by atoms with Crippen LogP contribution in [0, 0.1) is 0 Å². The number of rotatable bonds is 29. The van der Waals surface area contributed by atoms with Crippen LogP contribution in [-0.4, -0.2) is 143 Å². The van der Waals surface area contributed by atoms with Crippen LogP contribution in [0.4, 0.5) is 62.6 Å². The van der Waals surface area contributed by atoms with Gasteiger partial charge in [0.1, 0.15) is 0 Å². The van der Waals surface area contributed by atoms with Gasteiger partial charge in [0.25, 0.3) is 0 Å². The Kier molecular flexibility index (Phi) is 34.0. The molecule has 1 fully saturated rings. The molecule has 8 aliphatic rings. The molecule has 0 amide bonds. The molecule has 12 aromatic rings. The second kappa shape index (κ2) is 46.6. The molecule has 0 radical (unpaired) electrons. The highest BCUT2D eigenvalue weighted by Gasteiger charge is 2.36. The number of hydrogen-bond acceptors (Lipinski definition) is 17. The summed E-state index contributed by atoms with van der Waals surface area (Å²) in [7, 11) is 2.26. The van der Waals surface area contributed by atoms with Gasteiger partial charge in [0.05, 0.1) is 73.9 Å². The van der Waals surface area contributed by atoms with E-state index in [1.54, 1.807) is 0 Å². The summed E-state index contributed by atoms with van der Waals surface area (Å²) in [6.07, 6.45) is 18.2.